The van der Waals surface area contributed by atoms with Crippen LogP contribution in [0.3, 0.4) is 0 Å². The van der Waals surface area contributed by atoms with Crippen molar-refractivity contribution < 1.29 is 9.53 Å². The molecule has 1 aromatic rings. The lowest BCUT2D eigenvalue weighted by Crippen LogP contribution is -2.47. The van der Waals surface area contributed by atoms with Gasteiger partial charge in [-0.3, -0.25) is 0 Å². The Balaban J connectivity index is 1.84. The Bertz CT molecular complexity index is 598. The molecule has 1 aliphatic heterocycles. The van der Waals surface area contributed by atoms with E-state index in [0.717, 1.165) is 43.2 Å². The molecule has 0 spiro atoms. The van der Waals surface area contributed by atoms with Gasteiger partial charge in [-0.2, -0.15) is 0 Å². The van der Waals surface area contributed by atoms with Crippen LogP contribution in [0.1, 0.15) is 69.1 Å². The number of rotatable bonds is 4. The van der Waals surface area contributed by atoms with Crippen LogP contribution in [0.4, 0.5) is 4.79 Å². The molecular weight excluding hydrogens is 334 g/mol. The first-order valence-electron chi connectivity index (χ1n) is 9.14. The van der Waals surface area contributed by atoms with Gasteiger partial charge < -0.3 is 15.0 Å². The van der Waals surface area contributed by atoms with E-state index in [9.17, 15) is 4.79 Å². The summed E-state index contributed by atoms with van der Waals surface area (Å²) in [6, 6.07) is 0.255. The number of piperidine rings is 1. The Labute approximate surface area is 156 Å². The van der Waals surface area contributed by atoms with E-state index in [4.69, 9.17) is 4.74 Å². The van der Waals surface area contributed by atoms with Crippen LogP contribution in [-0.2, 0) is 4.74 Å². The highest BCUT2D eigenvalue weighted by molar-refractivity contribution is 7.11. The molecule has 1 aromatic heterocycles. The summed E-state index contributed by atoms with van der Waals surface area (Å²) in [7, 11) is 0. The van der Waals surface area contributed by atoms with E-state index in [1.165, 1.54) is 4.88 Å². The molecule has 0 radical (unpaired) electrons. The molecule has 2 heterocycles. The Kier molecular flexibility index (Phi) is 6.15. The molecule has 0 aromatic carbocycles. The minimum atomic E-state index is -0.432. The van der Waals surface area contributed by atoms with Gasteiger partial charge in [-0.25, -0.2) is 9.78 Å². The third-order valence-electron chi connectivity index (χ3n) is 4.81. The SMILES string of the molecule is Cc1nc(C(C)NCC2(C)CCN(C(=O)OC(C)(C)C)CC2)c(C)s1. The van der Waals surface area contributed by atoms with Crippen molar-refractivity contribution in [2.45, 2.75) is 73.0 Å². The van der Waals surface area contributed by atoms with E-state index in [1.807, 2.05) is 25.7 Å². The van der Waals surface area contributed by atoms with E-state index < -0.39 is 5.60 Å². The monoisotopic (exact) mass is 367 g/mol. The Hall–Kier alpha value is -1.14. The van der Waals surface area contributed by atoms with Crippen LogP contribution in [-0.4, -0.2) is 41.2 Å². The number of thiazole rings is 1. The number of ether oxygens (including phenoxy) is 1. The van der Waals surface area contributed by atoms with Crippen LogP contribution < -0.4 is 5.32 Å². The topological polar surface area (TPSA) is 54.5 Å². The molecule has 0 bridgehead atoms. The lowest BCUT2D eigenvalue weighted by atomic mass is 9.80. The third-order valence-corrected chi connectivity index (χ3v) is 5.71. The summed E-state index contributed by atoms with van der Waals surface area (Å²) in [4.78, 5) is 20.0. The summed E-state index contributed by atoms with van der Waals surface area (Å²) in [6.45, 7) is 16.9. The van der Waals surface area contributed by atoms with Crippen LogP contribution in [0.2, 0.25) is 0 Å². The van der Waals surface area contributed by atoms with Gasteiger partial charge in [0.25, 0.3) is 0 Å². The highest BCUT2D eigenvalue weighted by Gasteiger charge is 2.34. The fourth-order valence-corrected chi connectivity index (χ4v) is 4.09. The lowest BCUT2D eigenvalue weighted by Gasteiger charge is -2.40. The Morgan fingerprint density at radius 1 is 1.36 bits per heavy atom. The molecule has 1 aliphatic rings. The molecule has 0 aliphatic carbocycles. The standard InChI is InChI=1S/C19H33N3O2S/c1-13(16-14(2)25-15(3)21-16)20-12-19(7)8-10-22(11-9-19)17(23)24-18(4,5)6/h13,20H,8-12H2,1-7H3. The van der Waals surface area contributed by atoms with Gasteiger partial charge in [-0.05, 0) is 59.8 Å². The average Bonchev–Trinajstić information content (AvgIpc) is 2.82. The van der Waals surface area contributed by atoms with Crippen LogP contribution in [0.25, 0.3) is 0 Å². The quantitative estimate of drug-likeness (QED) is 0.854. The number of carbonyl (C=O) groups is 1. The predicted molar refractivity (Wildman–Crippen MR) is 103 cm³/mol. The Morgan fingerprint density at radius 2 is 1.96 bits per heavy atom. The second-order valence-corrected chi connectivity index (χ2v) is 9.96. The normalized spacial score (nSPS) is 18.9. The molecule has 0 saturated carbocycles. The number of aromatic nitrogens is 1. The maximum Gasteiger partial charge on any atom is 0.410 e. The van der Waals surface area contributed by atoms with E-state index in [1.54, 1.807) is 11.3 Å². The Morgan fingerprint density at radius 3 is 2.44 bits per heavy atom. The predicted octanol–water partition coefficient (Wildman–Crippen LogP) is 4.45. The highest BCUT2D eigenvalue weighted by atomic mass is 32.1. The van der Waals surface area contributed by atoms with Gasteiger partial charge >= 0.3 is 6.09 Å². The van der Waals surface area contributed by atoms with E-state index in [2.05, 4.69) is 38.0 Å². The zero-order valence-electron chi connectivity index (χ0n) is 16.7. The van der Waals surface area contributed by atoms with Crippen LogP contribution in [0, 0.1) is 19.3 Å². The first-order chi connectivity index (χ1) is 11.5. The minimum absolute atomic E-state index is 0.190. The molecule has 1 amide bonds. The highest BCUT2D eigenvalue weighted by Crippen LogP contribution is 2.32. The second-order valence-electron chi connectivity index (χ2n) is 8.55. The number of aryl methyl sites for hydroxylation is 2. The molecule has 1 unspecified atom stereocenters. The molecular formula is C19H33N3O2S. The molecule has 1 N–H and O–H groups in total. The van der Waals surface area contributed by atoms with Crippen molar-refractivity contribution in [1.29, 1.82) is 0 Å². The number of nitrogens with one attached hydrogen (secondary N) is 1. The molecule has 6 heteroatoms. The fraction of sp³-hybridized carbons (Fsp3) is 0.789. The number of nitrogens with zero attached hydrogens (tertiary/aromatic N) is 2. The number of hydrogen-bond donors (Lipinski definition) is 1. The number of amides is 1. The second kappa shape index (κ2) is 7.62. The maximum absolute atomic E-state index is 12.2. The first kappa shape index (κ1) is 20.2. The number of hydrogen-bond acceptors (Lipinski definition) is 5. The zero-order valence-corrected chi connectivity index (χ0v) is 17.5. The molecule has 142 valence electrons. The van der Waals surface area contributed by atoms with Gasteiger partial charge in [0.2, 0.25) is 0 Å². The van der Waals surface area contributed by atoms with Crippen molar-refractivity contribution in [3.05, 3.63) is 15.6 Å². The summed E-state index contributed by atoms with van der Waals surface area (Å²) < 4.78 is 5.48. The van der Waals surface area contributed by atoms with Gasteiger partial charge in [0.1, 0.15) is 5.60 Å². The van der Waals surface area contributed by atoms with Gasteiger partial charge in [-0.1, -0.05) is 6.92 Å². The molecule has 1 atom stereocenters. The van der Waals surface area contributed by atoms with E-state index in [0.29, 0.717) is 0 Å². The van der Waals surface area contributed by atoms with Crippen LogP contribution >= 0.6 is 11.3 Å². The van der Waals surface area contributed by atoms with Crippen molar-refractivity contribution in [3.63, 3.8) is 0 Å². The van der Waals surface area contributed by atoms with Gasteiger partial charge in [0.05, 0.1) is 10.7 Å². The summed E-state index contributed by atoms with van der Waals surface area (Å²) in [5.41, 5.74) is 0.932. The number of carbonyl (C=O) groups excluding carboxylic acids is 1. The van der Waals surface area contributed by atoms with E-state index >= 15 is 0 Å². The van der Waals surface area contributed by atoms with Crippen molar-refractivity contribution in [2.75, 3.05) is 19.6 Å². The van der Waals surface area contributed by atoms with Crippen LogP contribution in [0.15, 0.2) is 0 Å². The summed E-state index contributed by atoms with van der Waals surface area (Å²) in [5.74, 6) is 0. The minimum Gasteiger partial charge on any atom is -0.444 e. The largest absolute Gasteiger partial charge is 0.444 e. The first-order valence-corrected chi connectivity index (χ1v) is 9.96. The molecule has 1 fully saturated rings. The average molecular weight is 368 g/mol. The molecule has 5 nitrogen and oxygen atoms in total. The van der Waals surface area contributed by atoms with Crippen molar-refractivity contribution in [1.82, 2.24) is 15.2 Å². The third kappa shape index (κ3) is 5.68. The van der Waals surface area contributed by atoms with Gasteiger partial charge in [-0.15, -0.1) is 11.3 Å². The maximum atomic E-state index is 12.2. The van der Waals surface area contributed by atoms with Crippen LogP contribution in [0.5, 0.6) is 0 Å². The van der Waals surface area contributed by atoms with Gasteiger partial charge in [0, 0.05) is 30.6 Å². The van der Waals surface area contributed by atoms with E-state index in [-0.39, 0.29) is 17.6 Å². The van der Waals surface area contributed by atoms with Crippen molar-refractivity contribution >= 4 is 17.4 Å². The number of likely N-dealkylation sites (tertiary alicyclic amines) is 1. The molecule has 2 rings (SSSR count). The van der Waals surface area contributed by atoms with Crippen molar-refractivity contribution in [2.24, 2.45) is 5.41 Å². The summed E-state index contributed by atoms with van der Waals surface area (Å²) in [5, 5.41) is 4.78. The van der Waals surface area contributed by atoms with Crippen molar-refractivity contribution in [3.8, 4) is 0 Å². The fourth-order valence-electron chi connectivity index (χ4n) is 3.18. The zero-order chi connectivity index (χ0) is 18.8. The van der Waals surface area contributed by atoms with Gasteiger partial charge in [0.15, 0.2) is 0 Å². The summed E-state index contributed by atoms with van der Waals surface area (Å²) in [6.07, 6.45) is 1.78. The molecule has 25 heavy (non-hydrogen) atoms. The molecule has 1 saturated heterocycles. The summed E-state index contributed by atoms with van der Waals surface area (Å²) >= 11 is 1.76. The lowest BCUT2D eigenvalue weighted by molar-refractivity contribution is 0.0117. The smallest absolute Gasteiger partial charge is 0.410 e.